The Morgan fingerprint density at radius 2 is 2.20 bits per heavy atom. The van der Waals surface area contributed by atoms with Gasteiger partial charge in [-0.1, -0.05) is 6.92 Å². The van der Waals surface area contributed by atoms with Crippen molar-refractivity contribution in [3.63, 3.8) is 0 Å². The molecule has 142 valence electrons. The van der Waals surface area contributed by atoms with Crippen LogP contribution in [0.2, 0.25) is 0 Å². The lowest BCUT2D eigenvalue weighted by atomic mass is 10.0. The van der Waals surface area contributed by atoms with Gasteiger partial charge < -0.3 is 20.1 Å². The minimum absolute atomic E-state index is 0.625. The summed E-state index contributed by atoms with van der Waals surface area (Å²) in [5.74, 6) is 1.52. The van der Waals surface area contributed by atoms with Crippen LogP contribution in [0.1, 0.15) is 43.0 Å². The standard InChI is InChI=1S/C18H32N4O2S/c1-3-16-12-21-17(25-16)13-22-18(19-4-2)20-8-5-9-24-14-15-6-10-23-11-7-15/h12,15H,3-11,13-14H2,1-2H3,(H2,19,20,22). The molecule has 2 rings (SSSR count). The highest BCUT2D eigenvalue weighted by atomic mass is 32.1. The number of rotatable bonds is 10. The molecule has 1 aromatic heterocycles. The van der Waals surface area contributed by atoms with Gasteiger partial charge in [0.15, 0.2) is 5.96 Å². The fourth-order valence-corrected chi connectivity index (χ4v) is 3.40. The van der Waals surface area contributed by atoms with Crippen LogP contribution in [-0.4, -0.2) is 50.5 Å². The molecule has 0 saturated carbocycles. The van der Waals surface area contributed by atoms with Crippen molar-refractivity contribution in [1.29, 1.82) is 0 Å². The van der Waals surface area contributed by atoms with E-state index in [0.29, 0.717) is 12.5 Å². The van der Waals surface area contributed by atoms with Crippen molar-refractivity contribution in [2.45, 2.75) is 46.1 Å². The van der Waals surface area contributed by atoms with Crippen molar-refractivity contribution in [2.75, 3.05) is 39.5 Å². The molecule has 1 fully saturated rings. The van der Waals surface area contributed by atoms with Gasteiger partial charge in [-0.15, -0.1) is 11.3 Å². The van der Waals surface area contributed by atoms with Crippen molar-refractivity contribution < 1.29 is 9.47 Å². The minimum Gasteiger partial charge on any atom is -0.381 e. The lowest BCUT2D eigenvalue weighted by molar-refractivity contribution is 0.0203. The van der Waals surface area contributed by atoms with Gasteiger partial charge in [0, 0.05) is 50.6 Å². The summed E-state index contributed by atoms with van der Waals surface area (Å²) in [5, 5.41) is 7.71. The molecule has 6 nitrogen and oxygen atoms in total. The molecular weight excluding hydrogens is 336 g/mol. The average Bonchev–Trinajstić information content (AvgIpc) is 3.11. The van der Waals surface area contributed by atoms with Crippen LogP contribution in [0.4, 0.5) is 0 Å². The van der Waals surface area contributed by atoms with Crippen LogP contribution in [0.15, 0.2) is 11.2 Å². The lowest BCUT2D eigenvalue weighted by Crippen LogP contribution is -2.38. The molecule has 2 N–H and O–H groups in total. The van der Waals surface area contributed by atoms with Crippen molar-refractivity contribution >= 4 is 17.3 Å². The minimum atomic E-state index is 0.625. The number of guanidine groups is 1. The number of hydrogen-bond donors (Lipinski definition) is 2. The average molecular weight is 369 g/mol. The first-order chi connectivity index (χ1) is 12.3. The van der Waals surface area contributed by atoms with Crippen molar-refractivity contribution in [1.82, 2.24) is 15.6 Å². The van der Waals surface area contributed by atoms with E-state index in [0.717, 1.165) is 76.2 Å². The number of aryl methyl sites for hydroxylation is 1. The van der Waals surface area contributed by atoms with Gasteiger partial charge >= 0.3 is 0 Å². The van der Waals surface area contributed by atoms with Crippen LogP contribution in [0.25, 0.3) is 0 Å². The maximum Gasteiger partial charge on any atom is 0.191 e. The Morgan fingerprint density at radius 1 is 1.36 bits per heavy atom. The summed E-state index contributed by atoms with van der Waals surface area (Å²) in [5.41, 5.74) is 0. The SMILES string of the molecule is CCNC(=NCc1ncc(CC)s1)NCCCOCC1CCOCC1. The van der Waals surface area contributed by atoms with Crippen LogP contribution in [-0.2, 0) is 22.4 Å². The molecule has 1 aliphatic rings. The van der Waals surface area contributed by atoms with E-state index in [1.807, 2.05) is 6.20 Å². The molecule has 1 aliphatic heterocycles. The second kappa shape index (κ2) is 12.2. The number of nitrogens with one attached hydrogen (secondary N) is 2. The maximum atomic E-state index is 5.80. The summed E-state index contributed by atoms with van der Waals surface area (Å²) in [4.78, 5) is 10.3. The summed E-state index contributed by atoms with van der Waals surface area (Å²) in [6, 6.07) is 0. The molecule has 0 bridgehead atoms. The van der Waals surface area contributed by atoms with E-state index in [1.165, 1.54) is 4.88 Å². The van der Waals surface area contributed by atoms with Crippen molar-refractivity contribution in [3.05, 3.63) is 16.1 Å². The first-order valence-corrected chi connectivity index (χ1v) is 10.2. The number of aliphatic imine (C=N–C) groups is 1. The molecule has 0 amide bonds. The molecule has 0 atom stereocenters. The first kappa shape index (κ1) is 20.1. The summed E-state index contributed by atoms with van der Waals surface area (Å²) < 4.78 is 11.2. The molecule has 0 spiro atoms. The van der Waals surface area contributed by atoms with Crippen LogP contribution in [0.5, 0.6) is 0 Å². The quantitative estimate of drug-likeness (QED) is 0.377. The second-order valence-corrected chi connectivity index (χ2v) is 7.38. The van der Waals surface area contributed by atoms with Gasteiger partial charge in [-0.25, -0.2) is 9.98 Å². The predicted octanol–water partition coefficient (Wildman–Crippen LogP) is 2.59. The summed E-state index contributed by atoms with van der Waals surface area (Å²) in [6.45, 7) is 9.98. The van der Waals surface area contributed by atoms with E-state index < -0.39 is 0 Å². The Labute approximate surface area is 155 Å². The number of thiazole rings is 1. The van der Waals surface area contributed by atoms with Gasteiger partial charge in [0.2, 0.25) is 0 Å². The molecule has 7 heteroatoms. The molecule has 2 heterocycles. The number of nitrogens with zero attached hydrogens (tertiary/aromatic N) is 2. The molecule has 0 aliphatic carbocycles. The Bertz CT molecular complexity index is 501. The fraction of sp³-hybridized carbons (Fsp3) is 0.778. The van der Waals surface area contributed by atoms with Gasteiger partial charge in [-0.3, -0.25) is 0 Å². The van der Waals surface area contributed by atoms with Crippen LogP contribution in [0.3, 0.4) is 0 Å². The van der Waals surface area contributed by atoms with E-state index in [2.05, 4.69) is 34.5 Å². The maximum absolute atomic E-state index is 5.80. The van der Waals surface area contributed by atoms with Crippen molar-refractivity contribution in [3.8, 4) is 0 Å². The Hall–Kier alpha value is -1.18. The molecule has 25 heavy (non-hydrogen) atoms. The Kier molecular flexibility index (Phi) is 9.84. The normalized spacial score (nSPS) is 16.2. The Morgan fingerprint density at radius 3 is 2.92 bits per heavy atom. The lowest BCUT2D eigenvalue weighted by Gasteiger charge is -2.21. The smallest absolute Gasteiger partial charge is 0.191 e. The number of hydrogen-bond acceptors (Lipinski definition) is 5. The zero-order chi connectivity index (χ0) is 17.7. The highest BCUT2D eigenvalue weighted by Crippen LogP contribution is 2.15. The van der Waals surface area contributed by atoms with Gasteiger partial charge in [0.05, 0.1) is 6.54 Å². The number of aromatic nitrogens is 1. The molecule has 1 aromatic rings. The van der Waals surface area contributed by atoms with Crippen LogP contribution < -0.4 is 10.6 Å². The largest absolute Gasteiger partial charge is 0.381 e. The highest BCUT2D eigenvalue weighted by Gasteiger charge is 2.13. The molecule has 0 aromatic carbocycles. The third-order valence-electron chi connectivity index (χ3n) is 4.12. The van der Waals surface area contributed by atoms with Gasteiger partial charge in [0.25, 0.3) is 0 Å². The van der Waals surface area contributed by atoms with E-state index in [1.54, 1.807) is 11.3 Å². The first-order valence-electron chi connectivity index (χ1n) is 9.43. The molecule has 0 radical (unpaired) electrons. The van der Waals surface area contributed by atoms with Gasteiger partial charge in [0.1, 0.15) is 5.01 Å². The number of ether oxygens (including phenoxy) is 2. The summed E-state index contributed by atoms with van der Waals surface area (Å²) >= 11 is 1.74. The van der Waals surface area contributed by atoms with Gasteiger partial charge in [-0.05, 0) is 38.5 Å². The monoisotopic (exact) mass is 368 g/mol. The van der Waals surface area contributed by atoms with E-state index in [-0.39, 0.29) is 0 Å². The molecule has 0 unspecified atom stereocenters. The van der Waals surface area contributed by atoms with E-state index in [4.69, 9.17) is 9.47 Å². The highest BCUT2D eigenvalue weighted by molar-refractivity contribution is 7.11. The predicted molar refractivity (Wildman–Crippen MR) is 103 cm³/mol. The third-order valence-corrected chi connectivity index (χ3v) is 5.25. The summed E-state index contributed by atoms with van der Waals surface area (Å²) in [7, 11) is 0. The molecular formula is C18H32N4O2S. The third kappa shape index (κ3) is 8.16. The van der Waals surface area contributed by atoms with E-state index in [9.17, 15) is 0 Å². The second-order valence-electron chi connectivity index (χ2n) is 6.18. The van der Waals surface area contributed by atoms with Crippen LogP contribution >= 0.6 is 11.3 Å². The van der Waals surface area contributed by atoms with Crippen molar-refractivity contribution in [2.24, 2.45) is 10.9 Å². The van der Waals surface area contributed by atoms with Crippen LogP contribution in [0, 0.1) is 5.92 Å². The zero-order valence-electron chi connectivity index (χ0n) is 15.6. The Balaban J connectivity index is 1.60. The molecule has 1 saturated heterocycles. The summed E-state index contributed by atoms with van der Waals surface area (Å²) in [6.07, 6.45) is 6.22. The van der Waals surface area contributed by atoms with E-state index >= 15 is 0 Å². The fourth-order valence-electron chi connectivity index (χ4n) is 2.62. The zero-order valence-corrected chi connectivity index (χ0v) is 16.4. The van der Waals surface area contributed by atoms with Gasteiger partial charge in [-0.2, -0.15) is 0 Å². The topological polar surface area (TPSA) is 67.8 Å².